The van der Waals surface area contributed by atoms with Crippen LogP contribution in [0.1, 0.15) is 50.7 Å². The predicted octanol–water partition coefficient (Wildman–Crippen LogP) is 5.69. The molecule has 3 saturated heterocycles. The van der Waals surface area contributed by atoms with Crippen LogP contribution in [0.3, 0.4) is 0 Å². The quantitative estimate of drug-likeness (QED) is 0.264. The molecule has 47 heavy (non-hydrogen) atoms. The molecule has 1 aromatic carbocycles. The van der Waals surface area contributed by atoms with E-state index in [4.69, 9.17) is 20.2 Å². The van der Waals surface area contributed by atoms with E-state index in [0.717, 1.165) is 38.8 Å². The molecule has 3 N–H and O–H groups in total. The Labute approximate surface area is 267 Å². The van der Waals surface area contributed by atoms with Crippen molar-refractivity contribution < 1.29 is 35.8 Å². The van der Waals surface area contributed by atoms with Gasteiger partial charge in [0.15, 0.2) is 5.82 Å². The summed E-state index contributed by atoms with van der Waals surface area (Å²) >= 11 is 0. The summed E-state index contributed by atoms with van der Waals surface area (Å²) in [5, 5.41) is 3.57. The Hall–Kier alpha value is -3.85. The number of hydrogen-bond acceptors (Lipinski definition) is 9. The van der Waals surface area contributed by atoms with Crippen molar-refractivity contribution in [1.82, 2.24) is 25.2 Å². The first-order valence-corrected chi connectivity index (χ1v) is 15.7. The van der Waals surface area contributed by atoms with Crippen molar-refractivity contribution in [1.29, 1.82) is 0 Å². The Morgan fingerprint density at radius 2 is 2.00 bits per heavy atom. The highest BCUT2D eigenvalue weighted by atomic mass is 19.4. The lowest BCUT2D eigenvalue weighted by Gasteiger charge is -2.42. The normalized spacial score (nSPS) is 26.8. The molecule has 0 amide bonds. The van der Waals surface area contributed by atoms with Crippen LogP contribution in [0.4, 0.5) is 37.8 Å². The third-order valence-electron chi connectivity index (χ3n) is 10.1. The minimum atomic E-state index is -5.06. The van der Waals surface area contributed by atoms with Gasteiger partial charge in [0.1, 0.15) is 40.9 Å². The number of nitrogens with zero attached hydrogens (tertiary/aromatic N) is 5. The zero-order chi connectivity index (χ0) is 33.4. The van der Waals surface area contributed by atoms with E-state index >= 15 is 4.39 Å². The summed E-state index contributed by atoms with van der Waals surface area (Å²) in [5.74, 6) is -2.31. The molecule has 0 unspecified atom stereocenters. The van der Waals surface area contributed by atoms with Gasteiger partial charge in [0.25, 0.3) is 0 Å². The fraction of sp³-hybridized carbons (Fsp3) is 0.531. The number of alkyl halides is 3. The molecule has 0 aliphatic carbocycles. The van der Waals surface area contributed by atoms with Crippen LogP contribution in [0.25, 0.3) is 22.2 Å². The lowest BCUT2D eigenvalue weighted by Crippen LogP contribution is -2.60. The van der Waals surface area contributed by atoms with Crippen LogP contribution >= 0.6 is 0 Å². The average Bonchev–Trinajstić information content (AvgIpc) is 3.56. The standard InChI is InChI=1S/C32H35F6N7O2/c1-4-18-13-45-21(11-40-18)16(3)47-29-22-27(25(35)26(41-29)19-8-20(39)24(34)15(2)23(19)32(36,37)38)42-30(43-28(22)45)46-14-31-6-5-7-44(31)12-17(9-31)10-33/h8,10,16,18,21,40H,4-7,9,11-14,39H2,1-3H3/b17-10-/t16-,18+,21-,31-/m0/s1. The average molecular weight is 664 g/mol. The molecule has 4 aliphatic heterocycles. The smallest absolute Gasteiger partial charge is 0.417 e. The number of ether oxygens (including phenoxy) is 2. The van der Waals surface area contributed by atoms with Crippen molar-refractivity contribution in [2.45, 2.75) is 76.4 Å². The Bertz CT molecular complexity index is 1790. The topological polar surface area (TPSA) is 102 Å². The van der Waals surface area contributed by atoms with Crippen LogP contribution in [0.5, 0.6) is 11.9 Å². The third kappa shape index (κ3) is 5.12. The zero-order valence-electron chi connectivity index (χ0n) is 26.1. The highest BCUT2D eigenvalue weighted by molar-refractivity contribution is 5.97. The van der Waals surface area contributed by atoms with Gasteiger partial charge in [-0.25, -0.2) is 18.2 Å². The van der Waals surface area contributed by atoms with Crippen molar-refractivity contribution >= 4 is 22.4 Å². The van der Waals surface area contributed by atoms with E-state index in [-0.39, 0.29) is 47.3 Å². The Morgan fingerprint density at radius 1 is 1.21 bits per heavy atom. The number of anilines is 2. The second-order valence-electron chi connectivity index (χ2n) is 13.0. The molecule has 0 spiro atoms. The van der Waals surface area contributed by atoms with Crippen LogP contribution in [-0.4, -0.2) is 76.4 Å². The summed E-state index contributed by atoms with van der Waals surface area (Å²) in [7, 11) is 0. The summed E-state index contributed by atoms with van der Waals surface area (Å²) in [6.07, 6.45) is -2.07. The Balaban J connectivity index is 1.43. The van der Waals surface area contributed by atoms with E-state index in [2.05, 4.69) is 20.2 Å². The Morgan fingerprint density at radius 3 is 2.72 bits per heavy atom. The number of benzene rings is 1. The van der Waals surface area contributed by atoms with Crippen LogP contribution in [-0.2, 0) is 6.18 Å². The SMILES string of the molecule is CC[C@@H]1CN2c3nc(OC[C@@]45CCCN4C/C(=C\F)C5)nc4c(F)c(-c5cc(N)c(F)c(C)c5C(F)(F)F)nc(c34)O[C@@H](C)[C@@H]2CN1. The van der Waals surface area contributed by atoms with Gasteiger partial charge in [-0.15, -0.1) is 0 Å². The molecule has 15 heteroatoms. The van der Waals surface area contributed by atoms with Crippen molar-refractivity contribution in [3.63, 3.8) is 0 Å². The van der Waals surface area contributed by atoms with E-state index in [9.17, 15) is 22.0 Å². The molecular weight excluding hydrogens is 628 g/mol. The number of fused-ring (bicyclic) bond motifs is 3. The second-order valence-corrected chi connectivity index (χ2v) is 13.0. The maximum atomic E-state index is 16.8. The fourth-order valence-electron chi connectivity index (χ4n) is 7.69. The summed E-state index contributed by atoms with van der Waals surface area (Å²) in [5.41, 5.74) is 1.33. The molecular formula is C32H35F6N7O2. The van der Waals surface area contributed by atoms with Gasteiger partial charge in [0.05, 0.1) is 29.2 Å². The fourth-order valence-corrected chi connectivity index (χ4v) is 7.69. The van der Waals surface area contributed by atoms with Crippen LogP contribution in [0, 0.1) is 18.6 Å². The molecule has 4 atom stereocenters. The van der Waals surface area contributed by atoms with Crippen molar-refractivity contribution in [3.8, 4) is 23.1 Å². The minimum Gasteiger partial charge on any atom is -0.472 e. The van der Waals surface area contributed by atoms with Gasteiger partial charge >= 0.3 is 12.2 Å². The number of rotatable bonds is 5. The number of piperazine rings is 1. The first-order chi connectivity index (χ1) is 22.3. The number of pyridine rings is 1. The molecule has 3 fully saturated rings. The van der Waals surface area contributed by atoms with Gasteiger partial charge in [-0.3, -0.25) is 4.90 Å². The summed E-state index contributed by atoms with van der Waals surface area (Å²) in [6, 6.07) is 0.327. The number of halogens is 6. The van der Waals surface area contributed by atoms with Gasteiger partial charge in [0.2, 0.25) is 5.88 Å². The van der Waals surface area contributed by atoms with E-state index in [1.165, 1.54) is 0 Å². The molecule has 3 aromatic rings. The number of aromatic nitrogens is 3. The van der Waals surface area contributed by atoms with E-state index in [1.54, 1.807) is 6.92 Å². The van der Waals surface area contributed by atoms with Crippen molar-refractivity contribution in [2.24, 2.45) is 0 Å². The second kappa shape index (κ2) is 11.4. The number of nitrogens with one attached hydrogen (secondary N) is 1. The summed E-state index contributed by atoms with van der Waals surface area (Å²) < 4.78 is 101. The lowest BCUT2D eigenvalue weighted by molar-refractivity contribution is -0.137. The number of hydrogen-bond donors (Lipinski definition) is 2. The van der Waals surface area contributed by atoms with Crippen LogP contribution in [0.2, 0.25) is 0 Å². The van der Waals surface area contributed by atoms with Crippen LogP contribution in [0.15, 0.2) is 18.0 Å². The molecule has 0 saturated carbocycles. The van der Waals surface area contributed by atoms with Crippen LogP contribution < -0.4 is 25.4 Å². The maximum Gasteiger partial charge on any atom is 0.417 e. The molecule has 6 heterocycles. The molecule has 0 radical (unpaired) electrons. The van der Waals surface area contributed by atoms with Gasteiger partial charge in [-0.2, -0.15) is 23.1 Å². The lowest BCUT2D eigenvalue weighted by atomic mass is 9.94. The minimum absolute atomic E-state index is 0.0707. The molecule has 0 bridgehead atoms. The Kier molecular flexibility index (Phi) is 7.69. The molecule has 9 nitrogen and oxygen atoms in total. The number of nitrogens with two attached hydrogens (primary N) is 1. The molecule has 252 valence electrons. The van der Waals surface area contributed by atoms with Gasteiger partial charge in [-0.1, -0.05) is 6.92 Å². The number of nitrogen functional groups attached to an aromatic ring is 1. The molecule has 7 rings (SSSR count). The summed E-state index contributed by atoms with van der Waals surface area (Å²) in [6.45, 7) is 7.09. The van der Waals surface area contributed by atoms with E-state index in [1.807, 2.05) is 11.8 Å². The van der Waals surface area contributed by atoms with E-state index < -0.39 is 57.5 Å². The van der Waals surface area contributed by atoms with E-state index in [0.29, 0.717) is 38.0 Å². The monoisotopic (exact) mass is 663 g/mol. The summed E-state index contributed by atoms with van der Waals surface area (Å²) in [4.78, 5) is 17.6. The molecule has 2 aromatic heterocycles. The third-order valence-corrected chi connectivity index (χ3v) is 10.1. The predicted molar refractivity (Wildman–Crippen MR) is 163 cm³/mol. The van der Waals surface area contributed by atoms with Crippen molar-refractivity contribution in [3.05, 3.63) is 40.7 Å². The zero-order valence-corrected chi connectivity index (χ0v) is 26.1. The first-order valence-electron chi connectivity index (χ1n) is 15.7. The maximum absolute atomic E-state index is 16.8. The molecule has 4 aliphatic rings. The largest absolute Gasteiger partial charge is 0.472 e. The van der Waals surface area contributed by atoms with Gasteiger partial charge in [0, 0.05) is 31.2 Å². The van der Waals surface area contributed by atoms with Gasteiger partial charge < -0.3 is 25.4 Å². The van der Waals surface area contributed by atoms with Crippen molar-refractivity contribution in [2.75, 3.05) is 43.4 Å². The highest BCUT2D eigenvalue weighted by Gasteiger charge is 2.48. The first kappa shape index (κ1) is 31.7. The van der Waals surface area contributed by atoms with Gasteiger partial charge in [-0.05, 0) is 63.3 Å². The highest BCUT2D eigenvalue weighted by Crippen LogP contribution is 2.47.